The summed E-state index contributed by atoms with van der Waals surface area (Å²) in [5, 5.41) is 0. The molecule has 0 aliphatic heterocycles. The van der Waals surface area contributed by atoms with Crippen LogP contribution in [0.3, 0.4) is 0 Å². The monoisotopic (exact) mass is 310 g/mol. The molecule has 0 aromatic heterocycles. The highest BCUT2D eigenvalue weighted by molar-refractivity contribution is 5.86. The Morgan fingerprint density at radius 2 is 1.38 bits per heavy atom. The van der Waals surface area contributed by atoms with Crippen LogP contribution in [-0.2, 0) is 17.1 Å². The Balaban J connectivity index is 2.52. The van der Waals surface area contributed by atoms with Gasteiger partial charge in [0.05, 0.1) is 11.1 Å². The summed E-state index contributed by atoms with van der Waals surface area (Å²) in [4.78, 5) is 11.8. The molecule has 1 nitrogen and oxygen atoms in total. The molecule has 0 heterocycles. The van der Waals surface area contributed by atoms with E-state index >= 15 is 0 Å². The van der Waals surface area contributed by atoms with E-state index in [1.807, 2.05) is 0 Å². The van der Waals surface area contributed by atoms with Gasteiger partial charge in [-0.1, -0.05) is 6.42 Å². The molecule has 116 valence electrons. The smallest absolute Gasteiger partial charge is 0.299 e. The number of benzene rings is 1. The van der Waals surface area contributed by atoms with Gasteiger partial charge in [-0.2, -0.15) is 26.3 Å². The van der Waals surface area contributed by atoms with Crippen LogP contribution in [0, 0.1) is 0 Å². The Kier molecular flexibility index (Phi) is 4.04. The molecule has 0 bridgehead atoms. The van der Waals surface area contributed by atoms with E-state index in [1.165, 1.54) is 0 Å². The summed E-state index contributed by atoms with van der Waals surface area (Å²) < 4.78 is 76.5. The van der Waals surface area contributed by atoms with Gasteiger partial charge in [0.25, 0.3) is 0 Å². The minimum Gasteiger partial charge on any atom is -0.299 e. The van der Waals surface area contributed by atoms with E-state index < -0.39 is 29.4 Å². The number of alkyl halides is 6. The number of carbonyl (C=O) groups excluding carboxylic acids is 1. The Hall–Kier alpha value is -1.53. The summed E-state index contributed by atoms with van der Waals surface area (Å²) in [6.07, 6.45) is -8.03. The normalized spacial score (nSPS) is 20.7. The molecular formula is C14H12F6O. The third kappa shape index (κ3) is 3.57. The zero-order valence-corrected chi connectivity index (χ0v) is 10.8. The van der Waals surface area contributed by atoms with E-state index in [-0.39, 0.29) is 30.3 Å². The van der Waals surface area contributed by atoms with E-state index in [0.29, 0.717) is 25.0 Å². The molecule has 1 aliphatic rings. The predicted octanol–water partition coefficient (Wildman–Crippen LogP) is 4.95. The zero-order valence-electron chi connectivity index (χ0n) is 10.8. The van der Waals surface area contributed by atoms with Crippen LogP contribution in [-0.4, -0.2) is 5.78 Å². The van der Waals surface area contributed by atoms with Crippen molar-refractivity contribution in [2.75, 3.05) is 0 Å². The summed E-state index contributed by atoms with van der Waals surface area (Å²) in [5.74, 6) is -1.17. The van der Waals surface area contributed by atoms with Gasteiger partial charge in [-0.15, -0.1) is 0 Å². The van der Waals surface area contributed by atoms with Crippen molar-refractivity contribution >= 4 is 5.78 Å². The third-order valence-electron chi connectivity index (χ3n) is 3.57. The van der Waals surface area contributed by atoms with Gasteiger partial charge < -0.3 is 0 Å². The quantitative estimate of drug-likeness (QED) is 0.671. The summed E-state index contributed by atoms with van der Waals surface area (Å²) in [5.41, 5.74) is -2.93. The summed E-state index contributed by atoms with van der Waals surface area (Å²) in [6.45, 7) is 0. The van der Waals surface area contributed by atoms with Crippen LogP contribution in [0.5, 0.6) is 0 Å². The SMILES string of the molecule is O=C1CCCCC1c1cc(C(F)(F)F)cc(C(F)(F)F)c1. The van der Waals surface area contributed by atoms with Crippen LogP contribution >= 0.6 is 0 Å². The highest BCUT2D eigenvalue weighted by atomic mass is 19.4. The lowest BCUT2D eigenvalue weighted by Crippen LogP contribution is -2.19. The topological polar surface area (TPSA) is 17.1 Å². The number of halogens is 6. The van der Waals surface area contributed by atoms with E-state index in [1.54, 1.807) is 0 Å². The van der Waals surface area contributed by atoms with Crippen molar-refractivity contribution in [3.8, 4) is 0 Å². The molecule has 1 saturated carbocycles. The van der Waals surface area contributed by atoms with E-state index in [0.717, 1.165) is 0 Å². The minimum atomic E-state index is -4.88. The molecule has 0 saturated heterocycles. The summed E-state index contributed by atoms with van der Waals surface area (Å²) >= 11 is 0. The molecule has 1 unspecified atom stereocenters. The lowest BCUT2D eigenvalue weighted by Gasteiger charge is -2.23. The van der Waals surface area contributed by atoms with Crippen molar-refractivity contribution in [1.82, 2.24) is 0 Å². The fourth-order valence-electron chi connectivity index (χ4n) is 2.52. The maximum absolute atomic E-state index is 12.7. The fraction of sp³-hybridized carbons (Fsp3) is 0.500. The molecule has 7 heteroatoms. The van der Waals surface area contributed by atoms with E-state index in [2.05, 4.69) is 0 Å². The first-order chi connectivity index (χ1) is 9.59. The van der Waals surface area contributed by atoms with Crippen molar-refractivity contribution < 1.29 is 31.1 Å². The molecule has 1 aliphatic carbocycles. The van der Waals surface area contributed by atoms with Gasteiger partial charge in [-0.05, 0) is 36.6 Å². The minimum absolute atomic E-state index is 0.0802. The molecule has 1 fully saturated rings. The molecule has 1 aromatic carbocycles. The molecule has 0 spiro atoms. The van der Waals surface area contributed by atoms with E-state index in [4.69, 9.17) is 0 Å². The third-order valence-corrected chi connectivity index (χ3v) is 3.57. The fourth-order valence-corrected chi connectivity index (χ4v) is 2.52. The maximum atomic E-state index is 12.7. The van der Waals surface area contributed by atoms with Gasteiger partial charge in [-0.3, -0.25) is 4.79 Å². The average molecular weight is 310 g/mol. The van der Waals surface area contributed by atoms with Gasteiger partial charge in [-0.25, -0.2) is 0 Å². The van der Waals surface area contributed by atoms with Crippen molar-refractivity contribution in [3.05, 3.63) is 34.9 Å². The lowest BCUT2D eigenvalue weighted by atomic mass is 9.82. The Labute approximate surface area is 116 Å². The number of Topliss-reactive ketones (excluding diaryl/α,β-unsaturated/α-hetero) is 1. The van der Waals surface area contributed by atoms with Crippen LogP contribution in [0.15, 0.2) is 18.2 Å². The van der Waals surface area contributed by atoms with Crippen molar-refractivity contribution in [2.24, 2.45) is 0 Å². The van der Waals surface area contributed by atoms with E-state index in [9.17, 15) is 31.1 Å². The number of hydrogen-bond acceptors (Lipinski definition) is 1. The Morgan fingerprint density at radius 1 is 0.857 bits per heavy atom. The van der Waals surface area contributed by atoms with Gasteiger partial charge in [0, 0.05) is 12.3 Å². The van der Waals surface area contributed by atoms with Crippen LogP contribution < -0.4 is 0 Å². The van der Waals surface area contributed by atoms with Crippen molar-refractivity contribution in [3.63, 3.8) is 0 Å². The molecule has 0 amide bonds. The summed E-state index contributed by atoms with van der Waals surface area (Å²) in [6, 6.07) is 1.39. The highest BCUT2D eigenvalue weighted by Crippen LogP contribution is 2.39. The second kappa shape index (κ2) is 5.35. The molecule has 0 N–H and O–H groups in total. The zero-order chi connectivity index (χ0) is 15.8. The Bertz CT molecular complexity index is 511. The lowest BCUT2D eigenvalue weighted by molar-refractivity contribution is -0.143. The standard InChI is InChI=1S/C14H12F6O/c15-13(16,17)9-5-8(6-10(7-9)14(18,19)20)11-3-1-2-4-12(11)21/h5-7,11H,1-4H2. The van der Waals surface area contributed by atoms with Crippen LogP contribution in [0.1, 0.15) is 48.3 Å². The summed E-state index contributed by atoms with van der Waals surface area (Å²) in [7, 11) is 0. The molecule has 2 rings (SSSR count). The average Bonchev–Trinajstić information content (AvgIpc) is 2.36. The Morgan fingerprint density at radius 3 is 1.81 bits per heavy atom. The van der Waals surface area contributed by atoms with Crippen molar-refractivity contribution in [2.45, 2.75) is 44.0 Å². The number of carbonyl (C=O) groups is 1. The molecule has 21 heavy (non-hydrogen) atoms. The number of ketones is 1. The number of rotatable bonds is 1. The number of hydrogen-bond donors (Lipinski definition) is 0. The first-order valence-corrected chi connectivity index (χ1v) is 6.41. The highest BCUT2D eigenvalue weighted by Gasteiger charge is 2.38. The molecule has 1 aromatic rings. The van der Waals surface area contributed by atoms with Gasteiger partial charge in [0.2, 0.25) is 0 Å². The second-order valence-corrected chi connectivity index (χ2v) is 5.10. The molecular weight excluding hydrogens is 298 g/mol. The molecule has 1 atom stereocenters. The maximum Gasteiger partial charge on any atom is 0.416 e. The van der Waals surface area contributed by atoms with Crippen LogP contribution in [0.2, 0.25) is 0 Å². The van der Waals surface area contributed by atoms with Crippen LogP contribution in [0.4, 0.5) is 26.3 Å². The molecule has 0 radical (unpaired) electrons. The predicted molar refractivity (Wildman–Crippen MR) is 62.7 cm³/mol. The van der Waals surface area contributed by atoms with Crippen LogP contribution in [0.25, 0.3) is 0 Å². The van der Waals surface area contributed by atoms with Crippen molar-refractivity contribution in [1.29, 1.82) is 0 Å². The second-order valence-electron chi connectivity index (χ2n) is 5.10. The van der Waals surface area contributed by atoms with Gasteiger partial charge >= 0.3 is 12.4 Å². The first-order valence-electron chi connectivity index (χ1n) is 6.41. The van der Waals surface area contributed by atoms with Gasteiger partial charge in [0.15, 0.2) is 0 Å². The first kappa shape index (κ1) is 15.9. The largest absolute Gasteiger partial charge is 0.416 e. The van der Waals surface area contributed by atoms with Gasteiger partial charge in [0.1, 0.15) is 5.78 Å².